The monoisotopic (exact) mass is 350 g/mol. The van der Waals surface area contributed by atoms with E-state index < -0.39 is 30.6 Å². The third-order valence-corrected chi connectivity index (χ3v) is 3.82. The third-order valence-electron chi connectivity index (χ3n) is 3.59. The van der Waals surface area contributed by atoms with Crippen molar-refractivity contribution >= 4 is 34.5 Å². The Labute approximate surface area is 157 Å². The molecule has 24 heavy (non-hydrogen) atoms. The number of likely N-dealkylation sites (N-methyl/N-ethyl adjacent to an activating group) is 1. The molecule has 0 aliphatic carbocycles. The number of aliphatic imine (C=N–C) groups is 1. The van der Waals surface area contributed by atoms with Gasteiger partial charge in [0.05, 0.1) is 55.4 Å². The van der Waals surface area contributed by atoms with Crippen LogP contribution in [0.25, 0.3) is 0 Å². The minimum absolute atomic E-state index is 0.196. The van der Waals surface area contributed by atoms with Gasteiger partial charge in [-0.2, -0.15) is 0 Å². The molecule has 5 nitrogen and oxygen atoms in total. The summed E-state index contributed by atoms with van der Waals surface area (Å²) in [7, 11) is 0.590. The highest BCUT2D eigenvalue weighted by Crippen LogP contribution is 2.36. The zero-order chi connectivity index (χ0) is 23.9. The van der Waals surface area contributed by atoms with E-state index in [-0.39, 0.29) is 17.1 Å². The van der Waals surface area contributed by atoms with Gasteiger partial charge in [-0.15, -0.1) is 0 Å². The molecule has 124 valence electrons. The Kier molecular flexibility index (Phi) is 2.13. The van der Waals surface area contributed by atoms with Gasteiger partial charge in [-0.3, -0.25) is 0 Å². The SMILES string of the molecule is [2H]C1([2H])N(C2=Nc3cc(Cl)ccc3Nc3ccccc32)C([2H])([2H])C([2H])([2H])[N+](C)([O-])C1([2H])[2H]. The molecule has 0 radical (unpaired) electrons. The van der Waals surface area contributed by atoms with E-state index in [1.165, 1.54) is 12.1 Å². The van der Waals surface area contributed by atoms with Crippen LogP contribution in [0.2, 0.25) is 5.02 Å². The number of rotatable bonds is 0. The number of fused-ring (bicyclic) bond motifs is 2. The molecule has 2 heterocycles. The molecule has 0 spiro atoms. The molecule has 2 aromatic rings. The van der Waals surface area contributed by atoms with Crippen LogP contribution in [0.1, 0.15) is 16.5 Å². The van der Waals surface area contributed by atoms with E-state index >= 15 is 0 Å². The van der Waals surface area contributed by atoms with Crippen molar-refractivity contribution in [1.82, 2.24) is 4.90 Å². The van der Waals surface area contributed by atoms with Gasteiger partial charge in [0, 0.05) is 16.3 Å². The first kappa shape index (κ1) is 8.85. The van der Waals surface area contributed by atoms with E-state index in [1.54, 1.807) is 30.3 Å². The molecule has 4 rings (SSSR count). The van der Waals surface area contributed by atoms with Gasteiger partial charge < -0.3 is 20.1 Å². The number of nitrogens with zero attached hydrogens (tertiary/aromatic N) is 3. The van der Waals surface area contributed by atoms with Crippen molar-refractivity contribution in [2.24, 2.45) is 4.99 Å². The third kappa shape index (κ3) is 2.86. The Morgan fingerprint density at radius 1 is 1.21 bits per heavy atom. The van der Waals surface area contributed by atoms with E-state index in [9.17, 15) is 5.21 Å². The number of hydrogen-bond donors (Lipinski definition) is 1. The topological polar surface area (TPSA) is 50.7 Å². The van der Waals surface area contributed by atoms with Gasteiger partial charge in [-0.25, -0.2) is 4.99 Å². The predicted molar refractivity (Wildman–Crippen MR) is 98.2 cm³/mol. The molecule has 0 amide bonds. The summed E-state index contributed by atoms with van der Waals surface area (Å²) in [5.74, 6) is -0.378. The standard InChI is InChI=1S/C18H19ClN4O/c1-23(24)10-8-22(9-11-23)18-14-4-2-3-5-15(14)20-16-7-6-13(19)12-17(16)21-18/h2-7,12,20H,8-11H2,1H3/i8D2,9D2,10D2,11D2. The number of para-hydroxylation sites is 1. The van der Waals surface area contributed by atoms with Crippen LogP contribution in [0.4, 0.5) is 17.1 Å². The summed E-state index contributed by atoms with van der Waals surface area (Å²) < 4.78 is 64.6. The van der Waals surface area contributed by atoms with E-state index in [0.717, 1.165) is 0 Å². The van der Waals surface area contributed by atoms with Crippen molar-refractivity contribution in [3.05, 3.63) is 58.3 Å². The summed E-state index contributed by atoms with van der Waals surface area (Å²) >= 11 is 6.09. The van der Waals surface area contributed by atoms with E-state index in [1.807, 2.05) is 0 Å². The van der Waals surface area contributed by atoms with Crippen LogP contribution in [0.5, 0.6) is 0 Å². The first-order valence-corrected chi connectivity index (χ1v) is 7.58. The van der Waals surface area contributed by atoms with Gasteiger partial charge in [-0.1, -0.05) is 23.7 Å². The Bertz CT molecular complexity index is 1110. The van der Waals surface area contributed by atoms with Crippen molar-refractivity contribution in [1.29, 1.82) is 0 Å². The summed E-state index contributed by atoms with van der Waals surface area (Å²) in [6.07, 6.45) is 0. The van der Waals surface area contributed by atoms with Crippen molar-refractivity contribution in [3.8, 4) is 0 Å². The van der Waals surface area contributed by atoms with Crippen LogP contribution in [0, 0.1) is 5.21 Å². The Balaban J connectivity index is 2.08. The first-order chi connectivity index (χ1) is 14.6. The lowest BCUT2D eigenvalue weighted by Crippen LogP contribution is -2.55. The smallest absolute Gasteiger partial charge is 0.139 e. The average molecular weight is 351 g/mol. The number of nitrogens with one attached hydrogen (secondary N) is 1. The van der Waals surface area contributed by atoms with Gasteiger partial charge in [-0.05, 0) is 30.3 Å². The van der Waals surface area contributed by atoms with E-state index in [2.05, 4.69) is 10.3 Å². The molecule has 1 N–H and O–H groups in total. The largest absolute Gasteiger partial charge is 0.633 e. The van der Waals surface area contributed by atoms with Crippen LogP contribution in [-0.2, 0) is 0 Å². The van der Waals surface area contributed by atoms with Gasteiger partial charge in [0.1, 0.15) is 5.84 Å². The highest BCUT2D eigenvalue weighted by molar-refractivity contribution is 6.31. The zero-order valence-electron chi connectivity index (χ0n) is 20.7. The summed E-state index contributed by atoms with van der Waals surface area (Å²) in [6, 6.07) is 11.1. The van der Waals surface area contributed by atoms with Crippen molar-refractivity contribution < 1.29 is 15.6 Å². The minimum Gasteiger partial charge on any atom is -0.633 e. The highest BCUT2D eigenvalue weighted by Gasteiger charge is 2.27. The lowest BCUT2D eigenvalue weighted by molar-refractivity contribution is -0.864. The molecule has 2 aliphatic heterocycles. The fraction of sp³-hybridized carbons (Fsp3) is 0.278. The van der Waals surface area contributed by atoms with Crippen molar-refractivity contribution in [2.45, 2.75) is 0 Å². The molecule has 1 saturated heterocycles. The fourth-order valence-electron chi connectivity index (χ4n) is 2.43. The molecular formula is C18H19ClN4O. The molecule has 1 fully saturated rings. The maximum Gasteiger partial charge on any atom is 0.139 e. The molecular weight excluding hydrogens is 324 g/mol. The van der Waals surface area contributed by atoms with Crippen molar-refractivity contribution in [3.63, 3.8) is 0 Å². The summed E-state index contributed by atoms with van der Waals surface area (Å²) in [6.45, 7) is -13.4. The van der Waals surface area contributed by atoms with Gasteiger partial charge in [0.25, 0.3) is 0 Å². The second-order valence-electron chi connectivity index (χ2n) is 5.47. The molecule has 2 aliphatic rings. The summed E-state index contributed by atoms with van der Waals surface area (Å²) in [5, 5.41) is 16.5. The predicted octanol–water partition coefficient (Wildman–Crippen LogP) is 3.74. The number of benzene rings is 2. The number of hydroxylamine groups is 3. The Hall–Kier alpha value is -2.08. The van der Waals surface area contributed by atoms with Crippen molar-refractivity contribution in [2.75, 3.05) is 38.4 Å². The normalized spacial score (nSPS) is 32.1. The van der Waals surface area contributed by atoms with Crippen LogP contribution < -0.4 is 5.32 Å². The maximum absolute atomic E-state index is 13.1. The van der Waals surface area contributed by atoms with Crippen LogP contribution in [0.3, 0.4) is 0 Å². The van der Waals surface area contributed by atoms with E-state index in [0.29, 0.717) is 28.3 Å². The molecule has 0 saturated carbocycles. The van der Waals surface area contributed by atoms with Gasteiger partial charge in [0.15, 0.2) is 0 Å². The first-order valence-electron chi connectivity index (χ1n) is 11.2. The number of quaternary nitrogens is 1. The fourth-order valence-corrected chi connectivity index (χ4v) is 2.60. The average Bonchev–Trinajstić information content (AvgIpc) is 2.83. The minimum atomic E-state index is -3.41. The van der Waals surface area contributed by atoms with Crippen LogP contribution >= 0.6 is 11.6 Å². The lowest BCUT2D eigenvalue weighted by atomic mass is 10.1. The number of halogens is 1. The van der Waals surface area contributed by atoms with Crippen LogP contribution in [-0.4, -0.2) is 48.4 Å². The second kappa shape index (κ2) is 5.77. The summed E-state index contributed by atoms with van der Waals surface area (Å²) in [5.41, 5.74) is 1.29. The molecule has 0 aromatic heterocycles. The maximum atomic E-state index is 13.1. The molecule has 2 aromatic carbocycles. The van der Waals surface area contributed by atoms with Crippen LogP contribution in [0.15, 0.2) is 47.5 Å². The molecule has 0 unspecified atom stereocenters. The Morgan fingerprint density at radius 3 is 2.75 bits per heavy atom. The molecule has 6 heteroatoms. The Morgan fingerprint density at radius 2 is 1.96 bits per heavy atom. The number of piperazine rings is 1. The molecule has 0 bridgehead atoms. The number of anilines is 2. The lowest BCUT2D eigenvalue weighted by Gasteiger charge is -2.46. The van der Waals surface area contributed by atoms with E-state index in [4.69, 9.17) is 22.6 Å². The van der Waals surface area contributed by atoms with Gasteiger partial charge in [0.2, 0.25) is 0 Å². The second-order valence-corrected chi connectivity index (χ2v) is 5.91. The highest BCUT2D eigenvalue weighted by atomic mass is 35.5. The number of amidine groups is 1. The zero-order valence-corrected chi connectivity index (χ0v) is 13.4. The summed E-state index contributed by atoms with van der Waals surface area (Å²) in [4.78, 5) is 4.71. The molecule has 0 atom stereocenters. The van der Waals surface area contributed by atoms with Gasteiger partial charge >= 0.3 is 0 Å². The number of hydrogen-bond acceptors (Lipinski definition) is 4. The quantitative estimate of drug-likeness (QED) is 0.581.